The summed E-state index contributed by atoms with van der Waals surface area (Å²) in [5.74, 6) is -0.191. The first-order valence-corrected chi connectivity index (χ1v) is 18.5. The zero-order valence-electron chi connectivity index (χ0n) is 27.3. The first-order valence-electron chi connectivity index (χ1n) is 16.3. The molecule has 1 N–H and O–H groups in total. The Balaban J connectivity index is 1.56. The fourth-order valence-electron chi connectivity index (χ4n) is 6.04. The normalized spacial score (nSPS) is 14.1. The Kier molecular flexibility index (Phi) is 11.9. The van der Waals surface area contributed by atoms with Crippen LogP contribution < -0.4 is 14.4 Å². The lowest BCUT2D eigenvalue weighted by atomic mass is 9.94. The van der Waals surface area contributed by atoms with Crippen molar-refractivity contribution >= 4 is 43.5 Å². The molecule has 0 heterocycles. The summed E-state index contributed by atoms with van der Waals surface area (Å²) < 4.78 is 35.8. The van der Waals surface area contributed by atoms with Gasteiger partial charge in [0, 0.05) is 23.5 Å². The van der Waals surface area contributed by atoms with E-state index in [0.29, 0.717) is 11.4 Å². The van der Waals surface area contributed by atoms with Crippen LogP contribution in [0.25, 0.3) is 0 Å². The van der Waals surface area contributed by atoms with Gasteiger partial charge >= 0.3 is 0 Å². The molecule has 4 aromatic carbocycles. The minimum absolute atomic E-state index is 0.0325. The van der Waals surface area contributed by atoms with Crippen LogP contribution in [-0.4, -0.2) is 50.9 Å². The lowest BCUT2D eigenvalue weighted by molar-refractivity contribution is -0.140. The highest BCUT2D eigenvalue weighted by molar-refractivity contribution is 9.10. The zero-order valence-corrected chi connectivity index (χ0v) is 29.8. The maximum Gasteiger partial charge on any atom is 0.264 e. The first-order chi connectivity index (χ1) is 23.1. The van der Waals surface area contributed by atoms with Crippen LogP contribution in [0.1, 0.15) is 48.8 Å². The summed E-state index contributed by atoms with van der Waals surface area (Å²) in [6, 6.07) is 29.4. The summed E-state index contributed by atoms with van der Waals surface area (Å²) in [4.78, 5) is 30.5. The van der Waals surface area contributed by atoms with Gasteiger partial charge in [-0.15, -0.1) is 0 Å². The molecule has 0 saturated heterocycles. The molecule has 2 amide bonds. The summed E-state index contributed by atoms with van der Waals surface area (Å²) >= 11 is 3.53. The van der Waals surface area contributed by atoms with E-state index in [-0.39, 0.29) is 29.8 Å². The van der Waals surface area contributed by atoms with Gasteiger partial charge in [-0.1, -0.05) is 95.4 Å². The number of carbonyl (C=O) groups is 2. The molecule has 1 saturated carbocycles. The molecule has 0 spiro atoms. The number of anilines is 1. The number of methoxy groups -OCH3 is 1. The second-order valence-electron chi connectivity index (χ2n) is 12.2. The molecular formula is C38H42BrN3O5S. The summed E-state index contributed by atoms with van der Waals surface area (Å²) in [5.41, 5.74) is 2.92. The highest BCUT2D eigenvalue weighted by Crippen LogP contribution is 2.28. The third-order valence-corrected chi connectivity index (χ3v) is 11.0. The molecule has 0 aliphatic heterocycles. The summed E-state index contributed by atoms with van der Waals surface area (Å²) in [5, 5.41) is 3.24. The van der Waals surface area contributed by atoms with Crippen molar-refractivity contribution in [3.63, 3.8) is 0 Å². The van der Waals surface area contributed by atoms with Crippen LogP contribution in [0.2, 0.25) is 0 Å². The molecule has 4 aromatic rings. The quantitative estimate of drug-likeness (QED) is 0.159. The monoisotopic (exact) mass is 731 g/mol. The molecule has 1 atom stereocenters. The van der Waals surface area contributed by atoms with Crippen molar-refractivity contribution in [2.75, 3.05) is 18.0 Å². The molecule has 252 valence electrons. The van der Waals surface area contributed by atoms with Crippen LogP contribution in [0, 0.1) is 6.92 Å². The predicted molar refractivity (Wildman–Crippen MR) is 192 cm³/mol. The number of carbonyl (C=O) groups excluding carboxylic acids is 2. The highest BCUT2D eigenvalue weighted by Gasteiger charge is 2.35. The van der Waals surface area contributed by atoms with Crippen LogP contribution in [0.15, 0.2) is 112 Å². The number of benzene rings is 4. The SMILES string of the molecule is COc1ccc(N(CC(=O)N(Cc2cccc(Br)c2)[C@H](Cc2ccccc2)C(=O)NC2CCCCC2)S(=O)(=O)c2ccc(C)cc2)cc1. The lowest BCUT2D eigenvalue weighted by Gasteiger charge is -2.35. The number of rotatable bonds is 13. The molecule has 0 radical (unpaired) electrons. The van der Waals surface area contributed by atoms with Crippen LogP contribution in [0.4, 0.5) is 5.69 Å². The number of sulfonamides is 1. The van der Waals surface area contributed by atoms with Gasteiger partial charge in [-0.25, -0.2) is 8.42 Å². The molecule has 0 aromatic heterocycles. The number of hydrogen-bond donors (Lipinski definition) is 1. The van der Waals surface area contributed by atoms with E-state index in [1.54, 1.807) is 48.5 Å². The van der Waals surface area contributed by atoms with Crippen molar-refractivity contribution in [3.8, 4) is 5.75 Å². The van der Waals surface area contributed by atoms with Gasteiger partial charge in [0.25, 0.3) is 10.0 Å². The topological polar surface area (TPSA) is 96.0 Å². The molecule has 1 aliphatic carbocycles. The van der Waals surface area contributed by atoms with Crippen LogP contribution in [0.5, 0.6) is 5.75 Å². The largest absolute Gasteiger partial charge is 0.497 e. The smallest absolute Gasteiger partial charge is 0.264 e. The Bertz CT molecular complexity index is 1780. The van der Waals surface area contributed by atoms with Crippen molar-refractivity contribution in [2.45, 2.75) is 69.0 Å². The molecule has 0 unspecified atom stereocenters. The molecule has 1 fully saturated rings. The number of ether oxygens (including phenoxy) is 1. The second kappa shape index (κ2) is 16.3. The second-order valence-corrected chi connectivity index (χ2v) is 15.0. The number of hydrogen-bond acceptors (Lipinski definition) is 5. The number of amides is 2. The summed E-state index contributed by atoms with van der Waals surface area (Å²) in [6.07, 6.45) is 5.29. The van der Waals surface area contributed by atoms with Gasteiger partial charge in [-0.2, -0.15) is 0 Å². The number of aryl methyl sites for hydroxylation is 1. The number of nitrogens with zero attached hydrogens (tertiary/aromatic N) is 2. The lowest BCUT2D eigenvalue weighted by Crippen LogP contribution is -2.55. The van der Waals surface area contributed by atoms with E-state index in [0.717, 1.165) is 57.6 Å². The van der Waals surface area contributed by atoms with Gasteiger partial charge in [0.05, 0.1) is 17.7 Å². The van der Waals surface area contributed by atoms with Gasteiger partial charge < -0.3 is 15.0 Å². The third-order valence-electron chi connectivity index (χ3n) is 8.71. The van der Waals surface area contributed by atoms with Crippen LogP contribution in [0.3, 0.4) is 0 Å². The first kappa shape index (κ1) is 35.2. The van der Waals surface area contributed by atoms with E-state index in [1.807, 2.05) is 61.5 Å². The van der Waals surface area contributed by atoms with E-state index < -0.39 is 28.5 Å². The average molecular weight is 733 g/mol. The van der Waals surface area contributed by atoms with E-state index in [9.17, 15) is 18.0 Å². The van der Waals surface area contributed by atoms with Gasteiger partial charge in [-0.3, -0.25) is 13.9 Å². The standard InChI is InChI=1S/C38H42BrN3O5S/c1-28-16-22-35(23-17-28)48(45,46)42(33-18-20-34(47-2)21-19-33)27-37(43)41(26-30-12-9-13-31(39)24-30)36(25-29-10-5-3-6-11-29)38(44)40-32-14-7-4-8-15-32/h3,5-6,9-13,16-24,32,36H,4,7-8,14-15,25-27H2,1-2H3,(H,40,44)/t36-/m1/s1. The van der Waals surface area contributed by atoms with Gasteiger partial charge in [-0.05, 0) is 79.4 Å². The Morgan fingerprint density at radius 1 is 0.875 bits per heavy atom. The van der Waals surface area contributed by atoms with Gasteiger partial charge in [0.1, 0.15) is 18.3 Å². The van der Waals surface area contributed by atoms with Crippen LogP contribution >= 0.6 is 15.9 Å². The summed E-state index contributed by atoms with van der Waals surface area (Å²) in [7, 11) is -2.66. The minimum Gasteiger partial charge on any atom is -0.497 e. The molecule has 48 heavy (non-hydrogen) atoms. The fraction of sp³-hybridized carbons (Fsp3) is 0.316. The third kappa shape index (κ3) is 9.05. The Morgan fingerprint density at radius 2 is 1.54 bits per heavy atom. The number of halogens is 1. The van der Waals surface area contributed by atoms with Crippen molar-refractivity contribution in [2.24, 2.45) is 0 Å². The van der Waals surface area contributed by atoms with Crippen molar-refractivity contribution in [1.82, 2.24) is 10.2 Å². The van der Waals surface area contributed by atoms with E-state index in [2.05, 4.69) is 21.2 Å². The van der Waals surface area contributed by atoms with Gasteiger partial charge in [0.15, 0.2) is 0 Å². The van der Waals surface area contributed by atoms with Gasteiger partial charge in [0.2, 0.25) is 11.8 Å². The molecule has 10 heteroatoms. The zero-order chi connectivity index (χ0) is 34.1. The number of nitrogens with one attached hydrogen (secondary N) is 1. The maximum absolute atomic E-state index is 14.7. The van der Waals surface area contributed by atoms with E-state index in [4.69, 9.17) is 4.74 Å². The molecule has 8 nitrogen and oxygen atoms in total. The van der Waals surface area contributed by atoms with Crippen molar-refractivity contribution in [3.05, 3.63) is 124 Å². The summed E-state index contributed by atoms with van der Waals surface area (Å²) in [6.45, 7) is 1.47. The fourth-order valence-corrected chi connectivity index (χ4v) is 7.91. The van der Waals surface area contributed by atoms with E-state index >= 15 is 0 Å². The molecule has 5 rings (SSSR count). The molecular weight excluding hydrogens is 690 g/mol. The average Bonchev–Trinajstić information content (AvgIpc) is 3.09. The molecule has 0 bridgehead atoms. The Hall–Kier alpha value is -4.15. The Labute approximate surface area is 292 Å². The van der Waals surface area contributed by atoms with Crippen molar-refractivity contribution < 1.29 is 22.7 Å². The minimum atomic E-state index is -4.19. The van der Waals surface area contributed by atoms with Crippen LogP contribution in [-0.2, 0) is 32.6 Å². The maximum atomic E-state index is 14.7. The van der Waals surface area contributed by atoms with E-state index in [1.165, 1.54) is 12.0 Å². The molecule has 1 aliphatic rings. The highest BCUT2D eigenvalue weighted by atomic mass is 79.9. The predicted octanol–water partition coefficient (Wildman–Crippen LogP) is 7.05. The van der Waals surface area contributed by atoms with Crippen molar-refractivity contribution in [1.29, 1.82) is 0 Å². The Morgan fingerprint density at radius 3 is 2.19 bits per heavy atom.